The fraction of sp³-hybridized carbons (Fsp3) is 0.588. The Labute approximate surface area is 317 Å². The van der Waals surface area contributed by atoms with Gasteiger partial charge in [-0.25, -0.2) is 9.59 Å². The van der Waals surface area contributed by atoms with E-state index in [0.717, 1.165) is 39.0 Å². The van der Waals surface area contributed by atoms with Crippen LogP contribution in [0.4, 0.5) is 19.7 Å². The molecule has 0 aliphatic carbocycles. The van der Waals surface area contributed by atoms with Crippen LogP contribution < -0.4 is 10.2 Å². The monoisotopic (exact) mass is 979 g/mol. The van der Waals surface area contributed by atoms with Crippen LogP contribution >= 0.6 is 67.8 Å². The molecule has 2 aromatic rings. The Morgan fingerprint density at radius 2 is 1.20 bits per heavy atom. The predicted molar refractivity (Wildman–Crippen MR) is 210 cm³/mol. The number of hydrogen-bond acceptors (Lipinski definition) is 6. The number of nitrogens with zero attached hydrogens (tertiary/aromatic N) is 3. The maximum Gasteiger partial charge on any atom is 0.410 e. The number of benzene rings is 2. The van der Waals surface area contributed by atoms with Crippen molar-refractivity contribution in [1.29, 1.82) is 0 Å². The number of carbonyl (C=O) groups excluding carboxylic acids is 2. The van der Waals surface area contributed by atoms with Gasteiger partial charge in [-0.15, -0.1) is 0 Å². The van der Waals surface area contributed by atoms with Crippen LogP contribution in [0.25, 0.3) is 0 Å². The van der Waals surface area contributed by atoms with Gasteiger partial charge in [-0.05, 0) is 171 Å². The summed E-state index contributed by atoms with van der Waals surface area (Å²) in [6, 6.07) is 18.5. The van der Waals surface area contributed by atoms with Gasteiger partial charge in [0, 0.05) is 60.7 Å². The van der Waals surface area contributed by atoms with Crippen molar-refractivity contribution >= 4 is 85.6 Å². The van der Waals surface area contributed by atoms with E-state index < -0.39 is 12.8 Å². The van der Waals surface area contributed by atoms with Gasteiger partial charge in [0.15, 0.2) is 0 Å². The van der Waals surface area contributed by atoms with E-state index in [-0.39, 0.29) is 31.3 Å². The minimum absolute atomic E-state index is 0. The topological polar surface area (TPSA) is 74.3 Å². The molecule has 2 aromatic carbocycles. The number of alkyl halides is 1. The Morgan fingerprint density at radius 1 is 0.761 bits per heavy atom. The van der Waals surface area contributed by atoms with Gasteiger partial charge in [0.05, 0.1) is 14.6 Å². The summed E-state index contributed by atoms with van der Waals surface area (Å²) in [4.78, 5) is 30.1. The maximum absolute atomic E-state index is 12.2. The molecule has 0 radical (unpaired) electrons. The zero-order valence-electron chi connectivity index (χ0n) is 27.9. The number of likely N-dealkylation sites (tertiary alicyclic amines) is 2. The van der Waals surface area contributed by atoms with E-state index in [1.54, 1.807) is 0 Å². The lowest BCUT2D eigenvalue weighted by Gasteiger charge is -2.36. The lowest BCUT2D eigenvalue weighted by molar-refractivity contribution is 0.0198. The van der Waals surface area contributed by atoms with Gasteiger partial charge in [0.1, 0.15) is 11.2 Å². The largest absolute Gasteiger partial charge is 0.444 e. The molecule has 4 aliphatic rings. The summed E-state index contributed by atoms with van der Waals surface area (Å²) >= 11 is 6.91. The van der Waals surface area contributed by atoms with Crippen LogP contribution in [0.2, 0.25) is 0 Å². The second-order valence-electron chi connectivity index (χ2n) is 13.4. The van der Waals surface area contributed by atoms with Crippen LogP contribution in [0, 0.1) is 10.7 Å². The van der Waals surface area contributed by atoms with Gasteiger partial charge in [0.2, 0.25) is 0 Å². The van der Waals surface area contributed by atoms with Crippen molar-refractivity contribution in [2.75, 3.05) is 38.2 Å². The first-order valence-electron chi connectivity index (χ1n) is 15.7. The van der Waals surface area contributed by atoms with Crippen molar-refractivity contribution in [3.63, 3.8) is 0 Å². The number of halogens is 4. The molecule has 6 rings (SSSR count). The van der Waals surface area contributed by atoms with Crippen molar-refractivity contribution in [3.8, 4) is 0 Å². The van der Waals surface area contributed by atoms with Crippen LogP contribution in [0.5, 0.6) is 0 Å². The van der Waals surface area contributed by atoms with E-state index in [1.165, 1.54) is 16.4 Å². The van der Waals surface area contributed by atoms with Crippen LogP contribution in [-0.4, -0.2) is 90.7 Å². The van der Waals surface area contributed by atoms with Crippen molar-refractivity contribution in [3.05, 3.63) is 59.2 Å². The number of amides is 2. The first kappa shape index (κ1) is 39.3. The van der Waals surface area contributed by atoms with Crippen LogP contribution in [0.1, 0.15) is 63.2 Å². The van der Waals surface area contributed by atoms with Crippen molar-refractivity contribution in [1.82, 2.24) is 15.1 Å². The summed E-state index contributed by atoms with van der Waals surface area (Å²) in [5.74, 6) is 0. The van der Waals surface area contributed by atoms with E-state index in [9.17, 15) is 14.0 Å². The molecule has 4 fully saturated rings. The lowest BCUT2D eigenvalue weighted by Crippen LogP contribution is -2.50. The Kier molecular flexibility index (Phi) is 15.4. The highest BCUT2D eigenvalue weighted by Crippen LogP contribution is 2.35. The van der Waals surface area contributed by atoms with Gasteiger partial charge < -0.3 is 29.5 Å². The van der Waals surface area contributed by atoms with Gasteiger partial charge >= 0.3 is 12.2 Å². The molecule has 0 spiro atoms. The smallest absolute Gasteiger partial charge is 0.410 e. The third-order valence-corrected chi connectivity index (χ3v) is 9.67. The molecule has 4 atom stereocenters. The molecule has 0 aromatic heterocycles. The van der Waals surface area contributed by atoms with Crippen molar-refractivity contribution in [2.24, 2.45) is 0 Å². The molecule has 4 heterocycles. The summed E-state index contributed by atoms with van der Waals surface area (Å²) in [5.41, 5.74) is 0.452. The Balaban J connectivity index is 0.000000254. The van der Waals surface area contributed by atoms with E-state index in [2.05, 4.69) is 127 Å². The highest BCUT2D eigenvalue weighted by molar-refractivity contribution is 14.1. The average molecular weight is 980 g/mol. The highest BCUT2D eigenvalue weighted by atomic mass is 127. The molecule has 258 valence electrons. The third-order valence-electron chi connectivity index (χ3n) is 7.52. The van der Waals surface area contributed by atoms with Gasteiger partial charge in [-0.2, -0.15) is 0 Å². The molecule has 1 N–H and O–H groups in total. The molecular weight excluding hydrogens is 928 g/mol. The number of ether oxygens (including phenoxy) is 2. The van der Waals surface area contributed by atoms with Crippen LogP contribution in [0.3, 0.4) is 0 Å². The number of nitrogens with one attached hydrogen (secondary N) is 1. The Hall–Kier alpha value is -1.14. The summed E-state index contributed by atoms with van der Waals surface area (Å²) < 4.78 is 30.2. The first-order valence-corrected chi connectivity index (χ1v) is 18.2. The standard InChI is InChI=1S/C16H21IN2O2.C10H18N2O2.C6H4I2.CH3F.CH4/c1-16(2,3)21-15(20)19-10-13-8-14(19)9-18(13)12-6-4-11(17)5-7-12;1-10(2,3)14-9(13)12-6-7-4-8(12)5-11-7;7-5-1-2-6(8)4-3-5;1-2;/h4-7,13-14H,8-10H2,1-3H3;7-8,11H,4-6H2,1-3H3;1-4H;1H3;1H4/i;;;1D;. The maximum atomic E-state index is 12.2. The van der Waals surface area contributed by atoms with Crippen LogP contribution in [0.15, 0.2) is 48.5 Å². The molecule has 4 aliphatic heterocycles. The first-order chi connectivity index (χ1) is 21.5. The fourth-order valence-electron chi connectivity index (χ4n) is 5.69. The number of piperazine rings is 2. The summed E-state index contributed by atoms with van der Waals surface area (Å²) in [7, 11) is -1.00. The number of fused-ring (bicyclic) bond motifs is 4. The van der Waals surface area contributed by atoms with E-state index in [0.29, 0.717) is 18.1 Å². The molecule has 0 saturated carbocycles. The number of carbonyl (C=O) groups is 2. The number of rotatable bonds is 1. The zero-order valence-corrected chi connectivity index (χ0v) is 33.3. The Bertz CT molecular complexity index is 1260. The summed E-state index contributed by atoms with van der Waals surface area (Å²) in [6.07, 6.45) is 1.80. The molecule has 8 nitrogen and oxygen atoms in total. The normalized spacial score (nSPS) is 22.7. The fourth-order valence-corrected chi connectivity index (χ4v) is 6.77. The molecule has 4 saturated heterocycles. The van der Waals surface area contributed by atoms with Gasteiger partial charge in [-0.1, -0.05) is 7.43 Å². The highest BCUT2D eigenvalue weighted by Gasteiger charge is 2.46. The average Bonchev–Trinajstić information content (AvgIpc) is 3.76. The van der Waals surface area contributed by atoms with E-state index in [1.807, 2.05) is 51.3 Å². The number of anilines is 1. The quantitative estimate of drug-likeness (QED) is 0.289. The molecular formula is C34H50FI3N4O4. The molecule has 2 amide bonds. The van der Waals surface area contributed by atoms with E-state index in [4.69, 9.17) is 10.8 Å². The SMILES string of the molecule is C.CC(C)(C)OC(=O)N1CC2CC1CN2.CC(C)(C)OC(=O)N1CC2CC1CN2c1ccc(I)cc1.Ic1ccc(I)cc1.[2H]CF. The van der Waals surface area contributed by atoms with E-state index >= 15 is 0 Å². The minimum atomic E-state index is -1.00. The summed E-state index contributed by atoms with van der Waals surface area (Å²) in [5, 5.41) is 3.35. The Morgan fingerprint density at radius 3 is 1.54 bits per heavy atom. The van der Waals surface area contributed by atoms with Gasteiger partial charge in [-0.3, -0.25) is 4.39 Å². The van der Waals surface area contributed by atoms with Crippen molar-refractivity contribution < 1.29 is 24.8 Å². The second-order valence-corrected chi connectivity index (χ2v) is 17.1. The van der Waals surface area contributed by atoms with Crippen LogP contribution in [-0.2, 0) is 9.47 Å². The molecule has 12 heteroatoms. The van der Waals surface area contributed by atoms with Crippen molar-refractivity contribution in [2.45, 2.75) is 97.2 Å². The predicted octanol–water partition coefficient (Wildman–Crippen LogP) is 8.57. The molecule has 46 heavy (non-hydrogen) atoms. The van der Waals surface area contributed by atoms with Gasteiger partial charge in [0.25, 0.3) is 0 Å². The number of hydrogen-bond donors (Lipinski definition) is 1. The molecule has 4 bridgehead atoms. The zero-order chi connectivity index (χ0) is 34.2. The third kappa shape index (κ3) is 12.4. The summed E-state index contributed by atoms with van der Waals surface area (Å²) in [6.45, 7) is 14.8. The second kappa shape index (κ2) is 18.0. The molecule has 4 unspecified atom stereocenters. The lowest BCUT2D eigenvalue weighted by atomic mass is 10.2. The minimum Gasteiger partial charge on any atom is -0.444 e.